The Kier molecular flexibility index (Phi) is 8.62. The summed E-state index contributed by atoms with van der Waals surface area (Å²) in [6.07, 6.45) is 2.17. The van der Waals surface area contributed by atoms with Gasteiger partial charge in [-0.25, -0.2) is 0 Å². The molecule has 2 atom stereocenters. The third-order valence-corrected chi connectivity index (χ3v) is 5.99. The van der Waals surface area contributed by atoms with Gasteiger partial charge in [0.05, 0.1) is 21.3 Å². The molecule has 0 aliphatic carbocycles. The van der Waals surface area contributed by atoms with Crippen LogP contribution in [-0.2, 0) is 13.1 Å². The molecule has 0 saturated carbocycles. The number of piperidine rings is 1. The summed E-state index contributed by atoms with van der Waals surface area (Å²) >= 11 is 0. The molecule has 2 aromatic rings. The van der Waals surface area contributed by atoms with E-state index in [1.165, 1.54) is 5.56 Å². The fraction of sp³-hybridized carbons (Fsp3) is 0.480. The Morgan fingerprint density at radius 3 is 2.28 bits per heavy atom. The maximum absolute atomic E-state index is 5.46. The molecule has 32 heavy (non-hydrogen) atoms. The van der Waals surface area contributed by atoms with Crippen molar-refractivity contribution in [2.75, 3.05) is 34.9 Å². The molecular weight excluding hydrogens is 404 g/mol. The highest BCUT2D eigenvalue weighted by Gasteiger charge is 2.26. The lowest BCUT2D eigenvalue weighted by molar-refractivity contribution is 0.134. The summed E-state index contributed by atoms with van der Waals surface area (Å²) in [5.74, 6) is 2.68. The van der Waals surface area contributed by atoms with E-state index in [9.17, 15) is 0 Å². The first-order chi connectivity index (χ1) is 15.6. The van der Waals surface area contributed by atoms with Gasteiger partial charge in [-0.2, -0.15) is 0 Å². The Hall–Kier alpha value is -2.93. The molecule has 2 N–H and O–H groups in total. The summed E-state index contributed by atoms with van der Waals surface area (Å²) in [4.78, 5) is 6.98. The second kappa shape index (κ2) is 11.6. The topological polar surface area (TPSA) is 67.4 Å². The highest BCUT2D eigenvalue weighted by molar-refractivity contribution is 5.80. The fourth-order valence-electron chi connectivity index (χ4n) is 4.22. The standard InChI is InChI=1S/C25H36N4O3/c1-18-13-21(11-12-29(18)17-19-9-7-6-8-10-19)28-25(26-2)27-16-20-14-22(30-3)24(32-5)23(15-20)31-4/h6-10,14-15,18,21H,11-13,16-17H2,1-5H3,(H2,26,27,28). The number of benzene rings is 2. The molecule has 1 aliphatic rings. The van der Waals surface area contributed by atoms with Crippen LogP contribution in [0.3, 0.4) is 0 Å². The molecular formula is C25H36N4O3. The number of ether oxygens (including phenoxy) is 3. The normalized spacial score (nSPS) is 19.3. The lowest BCUT2D eigenvalue weighted by Crippen LogP contribution is -2.51. The molecule has 1 saturated heterocycles. The maximum atomic E-state index is 5.46. The van der Waals surface area contributed by atoms with E-state index in [-0.39, 0.29) is 0 Å². The van der Waals surface area contributed by atoms with Gasteiger partial charge in [-0.05, 0) is 43.0 Å². The van der Waals surface area contributed by atoms with E-state index >= 15 is 0 Å². The van der Waals surface area contributed by atoms with E-state index in [1.54, 1.807) is 28.4 Å². The number of likely N-dealkylation sites (tertiary alicyclic amines) is 1. The third kappa shape index (κ3) is 6.07. The number of hydrogen-bond acceptors (Lipinski definition) is 5. The van der Waals surface area contributed by atoms with Crippen LogP contribution in [0.4, 0.5) is 0 Å². The molecule has 1 fully saturated rings. The predicted octanol–water partition coefficient (Wildman–Crippen LogP) is 3.43. The van der Waals surface area contributed by atoms with E-state index in [1.807, 2.05) is 12.1 Å². The number of guanidine groups is 1. The van der Waals surface area contributed by atoms with Crippen molar-refractivity contribution in [3.8, 4) is 17.2 Å². The smallest absolute Gasteiger partial charge is 0.203 e. The summed E-state index contributed by atoms with van der Waals surface area (Å²) < 4.78 is 16.3. The number of nitrogens with one attached hydrogen (secondary N) is 2. The van der Waals surface area contributed by atoms with Crippen molar-refractivity contribution in [3.05, 3.63) is 53.6 Å². The Balaban J connectivity index is 1.54. The van der Waals surface area contributed by atoms with E-state index < -0.39 is 0 Å². The van der Waals surface area contributed by atoms with E-state index in [0.717, 1.165) is 37.5 Å². The first-order valence-electron chi connectivity index (χ1n) is 11.1. The van der Waals surface area contributed by atoms with Crippen molar-refractivity contribution < 1.29 is 14.2 Å². The zero-order valence-corrected chi connectivity index (χ0v) is 19.9. The van der Waals surface area contributed by atoms with Gasteiger partial charge >= 0.3 is 0 Å². The Morgan fingerprint density at radius 1 is 1.03 bits per heavy atom. The van der Waals surface area contributed by atoms with Gasteiger partial charge in [0.15, 0.2) is 17.5 Å². The van der Waals surface area contributed by atoms with Gasteiger partial charge < -0.3 is 24.8 Å². The quantitative estimate of drug-likeness (QED) is 0.484. The Labute approximate surface area is 191 Å². The lowest BCUT2D eigenvalue weighted by atomic mass is 9.97. The summed E-state index contributed by atoms with van der Waals surface area (Å²) in [5, 5.41) is 7.01. The van der Waals surface area contributed by atoms with Gasteiger partial charge in [-0.3, -0.25) is 9.89 Å². The number of hydrogen-bond donors (Lipinski definition) is 2. The van der Waals surface area contributed by atoms with Crippen molar-refractivity contribution in [2.45, 2.75) is 44.9 Å². The van der Waals surface area contributed by atoms with Crippen LogP contribution in [0.2, 0.25) is 0 Å². The number of aliphatic imine (C=N–C) groups is 1. The largest absolute Gasteiger partial charge is 0.493 e. The van der Waals surface area contributed by atoms with Gasteiger partial charge in [0.25, 0.3) is 0 Å². The van der Waals surface area contributed by atoms with Crippen LogP contribution in [0.15, 0.2) is 47.5 Å². The zero-order chi connectivity index (χ0) is 22.9. The Bertz CT molecular complexity index is 863. The average Bonchev–Trinajstić information content (AvgIpc) is 2.83. The first-order valence-corrected chi connectivity index (χ1v) is 11.1. The van der Waals surface area contributed by atoms with Gasteiger partial charge in [-0.15, -0.1) is 0 Å². The molecule has 7 nitrogen and oxygen atoms in total. The van der Waals surface area contributed by atoms with Crippen molar-refractivity contribution in [1.29, 1.82) is 0 Å². The molecule has 3 rings (SSSR count). The molecule has 1 aliphatic heterocycles. The monoisotopic (exact) mass is 440 g/mol. The van der Waals surface area contributed by atoms with Crippen molar-refractivity contribution in [2.24, 2.45) is 4.99 Å². The lowest BCUT2D eigenvalue weighted by Gasteiger charge is -2.38. The molecule has 7 heteroatoms. The van der Waals surface area contributed by atoms with E-state index in [4.69, 9.17) is 14.2 Å². The minimum absolute atomic E-state index is 0.392. The van der Waals surface area contributed by atoms with E-state index in [0.29, 0.717) is 35.9 Å². The molecule has 2 aromatic carbocycles. The molecule has 0 bridgehead atoms. The summed E-state index contributed by atoms with van der Waals surface area (Å²) in [7, 11) is 6.66. The highest BCUT2D eigenvalue weighted by atomic mass is 16.5. The van der Waals surface area contributed by atoms with Crippen LogP contribution in [0.1, 0.15) is 30.9 Å². The predicted molar refractivity (Wildman–Crippen MR) is 129 cm³/mol. The van der Waals surface area contributed by atoms with Crippen LogP contribution in [-0.4, -0.2) is 57.9 Å². The summed E-state index contributed by atoms with van der Waals surface area (Å²) in [5.41, 5.74) is 2.39. The van der Waals surface area contributed by atoms with E-state index in [2.05, 4.69) is 57.8 Å². The van der Waals surface area contributed by atoms with Gasteiger partial charge in [0, 0.05) is 38.8 Å². The second-order valence-electron chi connectivity index (χ2n) is 8.13. The number of methoxy groups -OCH3 is 3. The molecule has 0 aromatic heterocycles. The van der Waals surface area contributed by atoms with Crippen molar-refractivity contribution in [1.82, 2.24) is 15.5 Å². The van der Waals surface area contributed by atoms with Gasteiger partial charge in [0.2, 0.25) is 5.75 Å². The van der Waals surface area contributed by atoms with Crippen LogP contribution in [0.5, 0.6) is 17.2 Å². The van der Waals surface area contributed by atoms with Crippen molar-refractivity contribution in [3.63, 3.8) is 0 Å². The maximum Gasteiger partial charge on any atom is 0.203 e. The minimum Gasteiger partial charge on any atom is -0.493 e. The van der Waals surface area contributed by atoms with Crippen LogP contribution >= 0.6 is 0 Å². The third-order valence-electron chi connectivity index (χ3n) is 5.99. The van der Waals surface area contributed by atoms with Gasteiger partial charge in [-0.1, -0.05) is 30.3 Å². The SMILES string of the molecule is CN=C(NCc1cc(OC)c(OC)c(OC)c1)NC1CCN(Cc2ccccc2)C(C)C1. The molecule has 1 heterocycles. The molecule has 174 valence electrons. The first kappa shape index (κ1) is 23.7. The fourth-order valence-corrected chi connectivity index (χ4v) is 4.22. The molecule has 0 radical (unpaired) electrons. The average molecular weight is 441 g/mol. The van der Waals surface area contributed by atoms with Crippen LogP contribution < -0.4 is 24.8 Å². The van der Waals surface area contributed by atoms with Crippen LogP contribution in [0, 0.1) is 0 Å². The second-order valence-corrected chi connectivity index (χ2v) is 8.13. The number of nitrogens with zero attached hydrogens (tertiary/aromatic N) is 2. The molecule has 2 unspecified atom stereocenters. The number of rotatable bonds is 8. The molecule has 0 amide bonds. The minimum atomic E-state index is 0.392. The summed E-state index contributed by atoms with van der Waals surface area (Å²) in [6, 6.07) is 15.5. The highest BCUT2D eigenvalue weighted by Crippen LogP contribution is 2.38. The molecule has 0 spiro atoms. The zero-order valence-electron chi connectivity index (χ0n) is 19.9. The van der Waals surface area contributed by atoms with Crippen LogP contribution in [0.25, 0.3) is 0 Å². The Morgan fingerprint density at radius 2 is 1.72 bits per heavy atom. The van der Waals surface area contributed by atoms with Crippen molar-refractivity contribution >= 4 is 5.96 Å². The van der Waals surface area contributed by atoms with Gasteiger partial charge in [0.1, 0.15) is 0 Å². The summed E-state index contributed by atoms with van der Waals surface area (Å²) in [6.45, 7) is 4.97.